The highest BCUT2D eigenvalue weighted by Gasteiger charge is 2.34. The molecule has 2 atom stereocenters. The van der Waals surface area contributed by atoms with Crippen LogP contribution in [0, 0.1) is 19.8 Å². The van der Waals surface area contributed by atoms with Crippen molar-refractivity contribution in [2.24, 2.45) is 13.0 Å². The molecule has 1 aliphatic heterocycles. The fourth-order valence-electron chi connectivity index (χ4n) is 2.97. The SMILES string of the molecule is Cc1nn(C)c(C)c1S(=O)(=O)N[C@@H]1COCC[C@@H]1OCC1CC1. The highest BCUT2D eigenvalue weighted by molar-refractivity contribution is 7.89. The predicted octanol–water partition coefficient (Wildman–Crippen LogP) is 0.899. The van der Waals surface area contributed by atoms with Crippen LogP contribution < -0.4 is 4.72 Å². The van der Waals surface area contributed by atoms with Gasteiger partial charge in [-0.3, -0.25) is 4.68 Å². The number of aromatic nitrogens is 2. The molecule has 0 spiro atoms. The molecule has 0 radical (unpaired) electrons. The van der Waals surface area contributed by atoms with Crippen LogP contribution in [0.3, 0.4) is 0 Å². The van der Waals surface area contributed by atoms with E-state index in [1.54, 1.807) is 25.6 Å². The largest absolute Gasteiger partial charge is 0.380 e. The first-order valence-corrected chi connectivity index (χ1v) is 9.58. The molecule has 1 saturated heterocycles. The molecule has 0 amide bonds. The molecule has 1 aromatic rings. The van der Waals surface area contributed by atoms with E-state index in [-0.39, 0.29) is 17.0 Å². The quantitative estimate of drug-likeness (QED) is 0.830. The van der Waals surface area contributed by atoms with E-state index in [0.29, 0.717) is 43.5 Å². The smallest absolute Gasteiger partial charge is 0.244 e. The van der Waals surface area contributed by atoms with Gasteiger partial charge in [-0.05, 0) is 39.0 Å². The molecule has 2 heterocycles. The van der Waals surface area contributed by atoms with Gasteiger partial charge in [0.05, 0.1) is 30.1 Å². The van der Waals surface area contributed by atoms with E-state index in [0.717, 1.165) is 0 Å². The van der Waals surface area contributed by atoms with E-state index < -0.39 is 10.0 Å². The van der Waals surface area contributed by atoms with Crippen molar-refractivity contribution in [3.63, 3.8) is 0 Å². The Bertz CT molecular complexity index is 667. The molecule has 3 rings (SSSR count). The molecule has 0 unspecified atom stereocenters. The van der Waals surface area contributed by atoms with Crippen LogP contribution in [0.25, 0.3) is 0 Å². The van der Waals surface area contributed by atoms with Gasteiger partial charge in [0.15, 0.2) is 0 Å². The van der Waals surface area contributed by atoms with Crippen molar-refractivity contribution in [2.45, 2.75) is 50.2 Å². The minimum absolute atomic E-state index is 0.128. The highest BCUT2D eigenvalue weighted by Crippen LogP contribution is 2.30. The first-order chi connectivity index (χ1) is 10.9. The molecule has 1 aliphatic carbocycles. The number of nitrogens with zero attached hydrogens (tertiary/aromatic N) is 2. The Morgan fingerprint density at radius 2 is 2.09 bits per heavy atom. The fourth-order valence-corrected chi connectivity index (χ4v) is 4.66. The first kappa shape index (κ1) is 16.9. The summed E-state index contributed by atoms with van der Waals surface area (Å²) in [6.45, 7) is 5.13. The Balaban J connectivity index is 1.74. The average Bonchev–Trinajstić information content (AvgIpc) is 3.25. The summed E-state index contributed by atoms with van der Waals surface area (Å²) in [5.74, 6) is 0.651. The molecule has 8 heteroatoms. The monoisotopic (exact) mass is 343 g/mol. The van der Waals surface area contributed by atoms with Gasteiger partial charge in [-0.25, -0.2) is 13.1 Å². The number of rotatable bonds is 6. The zero-order valence-corrected chi connectivity index (χ0v) is 14.7. The lowest BCUT2D eigenvalue weighted by Gasteiger charge is -2.32. The van der Waals surface area contributed by atoms with Crippen LogP contribution in [-0.2, 0) is 26.5 Å². The first-order valence-electron chi connectivity index (χ1n) is 8.10. The molecule has 23 heavy (non-hydrogen) atoms. The number of hydrogen-bond acceptors (Lipinski definition) is 5. The second kappa shape index (κ2) is 6.51. The molecule has 1 N–H and O–H groups in total. The molecule has 7 nitrogen and oxygen atoms in total. The van der Waals surface area contributed by atoms with E-state index in [2.05, 4.69) is 9.82 Å². The van der Waals surface area contributed by atoms with Gasteiger partial charge in [0.1, 0.15) is 4.90 Å². The molecular formula is C15H25N3O4S. The molecule has 0 aromatic carbocycles. The summed E-state index contributed by atoms with van der Waals surface area (Å²) in [5, 5.41) is 4.19. The lowest BCUT2D eigenvalue weighted by molar-refractivity contribution is -0.0533. The summed E-state index contributed by atoms with van der Waals surface area (Å²) in [5.41, 5.74) is 1.13. The maximum Gasteiger partial charge on any atom is 0.244 e. The van der Waals surface area contributed by atoms with Crippen molar-refractivity contribution < 1.29 is 17.9 Å². The molecule has 1 aromatic heterocycles. The summed E-state index contributed by atoms with van der Waals surface area (Å²) >= 11 is 0. The van der Waals surface area contributed by atoms with E-state index in [9.17, 15) is 8.42 Å². The highest BCUT2D eigenvalue weighted by atomic mass is 32.2. The summed E-state index contributed by atoms with van der Waals surface area (Å²) in [6, 6.07) is -0.355. The molecule has 130 valence electrons. The van der Waals surface area contributed by atoms with Crippen molar-refractivity contribution in [2.75, 3.05) is 19.8 Å². The third-order valence-electron chi connectivity index (χ3n) is 4.55. The van der Waals surface area contributed by atoms with Crippen molar-refractivity contribution in [1.82, 2.24) is 14.5 Å². The second-order valence-electron chi connectivity index (χ2n) is 6.53. The minimum Gasteiger partial charge on any atom is -0.380 e. The lowest BCUT2D eigenvalue weighted by atomic mass is 10.1. The van der Waals surface area contributed by atoms with Crippen LogP contribution in [0.5, 0.6) is 0 Å². The van der Waals surface area contributed by atoms with Gasteiger partial charge in [-0.1, -0.05) is 0 Å². The standard InChI is InChI=1S/C15H25N3O4S/c1-10-15(11(2)18(3)16-10)23(19,20)17-13-9-21-7-6-14(13)22-8-12-4-5-12/h12-14,17H,4-9H2,1-3H3/t13-,14+/m1/s1. The van der Waals surface area contributed by atoms with Crippen LogP contribution in [0.4, 0.5) is 0 Å². The van der Waals surface area contributed by atoms with Crippen LogP contribution in [0.15, 0.2) is 4.90 Å². The van der Waals surface area contributed by atoms with Gasteiger partial charge >= 0.3 is 0 Å². The fraction of sp³-hybridized carbons (Fsp3) is 0.800. The van der Waals surface area contributed by atoms with Crippen LogP contribution in [0.1, 0.15) is 30.7 Å². The maximum absolute atomic E-state index is 12.8. The van der Waals surface area contributed by atoms with Gasteiger partial charge in [0.25, 0.3) is 0 Å². The topological polar surface area (TPSA) is 82.5 Å². The number of nitrogens with one attached hydrogen (secondary N) is 1. The third kappa shape index (κ3) is 3.76. The molecule has 2 fully saturated rings. The Kier molecular flexibility index (Phi) is 4.78. The zero-order chi connectivity index (χ0) is 16.6. The van der Waals surface area contributed by atoms with Crippen LogP contribution >= 0.6 is 0 Å². The van der Waals surface area contributed by atoms with Gasteiger partial charge in [-0.15, -0.1) is 0 Å². The van der Waals surface area contributed by atoms with Crippen molar-refractivity contribution in [3.05, 3.63) is 11.4 Å². The van der Waals surface area contributed by atoms with E-state index in [4.69, 9.17) is 9.47 Å². The summed E-state index contributed by atoms with van der Waals surface area (Å²) in [6.07, 6.45) is 3.02. The maximum atomic E-state index is 12.8. The Morgan fingerprint density at radius 1 is 1.35 bits per heavy atom. The van der Waals surface area contributed by atoms with Gasteiger partial charge in [0, 0.05) is 20.3 Å². The van der Waals surface area contributed by atoms with Crippen molar-refractivity contribution in [3.8, 4) is 0 Å². The van der Waals surface area contributed by atoms with Gasteiger partial charge < -0.3 is 9.47 Å². The van der Waals surface area contributed by atoms with E-state index >= 15 is 0 Å². The number of ether oxygens (including phenoxy) is 2. The van der Waals surface area contributed by atoms with E-state index in [1.807, 2.05) is 0 Å². The minimum atomic E-state index is -3.65. The molecule has 2 aliphatic rings. The van der Waals surface area contributed by atoms with E-state index in [1.165, 1.54) is 12.8 Å². The normalized spacial score (nSPS) is 25.7. The van der Waals surface area contributed by atoms with Crippen molar-refractivity contribution >= 4 is 10.0 Å². The zero-order valence-electron chi connectivity index (χ0n) is 13.9. The molecular weight excluding hydrogens is 318 g/mol. The summed E-state index contributed by atoms with van der Waals surface area (Å²) in [7, 11) is -1.91. The number of hydrogen-bond donors (Lipinski definition) is 1. The summed E-state index contributed by atoms with van der Waals surface area (Å²) in [4.78, 5) is 0.256. The Morgan fingerprint density at radius 3 is 2.70 bits per heavy atom. The lowest BCUT2D eigenvalue weighted by Crippen LogP contribution is -2.50. The molecule has 1 saturated carbocycles. The van der Waals surface area contributed by atoms with Crippen LogP contribution in [-0.4, -0.2) is 50.2 Å². The predicted molar refractivity (Wildman–Crippen MR) is 84.7 cm³/mol. The Hall–Kier alpha value is -0.960. The average molecular weight is 343 g/mol. The van der Waals surface area contributed by atoms with Gasteiger partial charge in [-0.2, -0.15) is 5.10 Å². The van der Waals surface area contributed by atoms with Crippen LogP contribution in [0.2, 0.25) is 0 Å². The van der Waals surface area contributed by atoms with Gasteiger partial charge in [0.2, 0.25) is 10.0 Å². The second-order valence-corrected chi connectivity index (χ2v) is 8.18. The Labute approximate surface area is 137 Å². The number of aryl methyl sites for hydroxylation is 2. The third-order valence-corrected chi connectivity index (χ3v) is 6.30. The molecule has 0 bridgehead atoms. The summed E-state index contributed by atoms with van der Waals surface area (Å²) < 4.78 is 41.3. The van der Waals surface area contributed by atoms with Crippen molar-refractivity contribution in [1.29, 1.82) is 0 Å². The number of sulfonamides is 1.